The fraction of sp³-hybridized carbons (Fsp3) is 0.571. The molecule has 1 aromatic carbocycles. The van der Waals surface area contributed by atoms with Gasteiger partial charge in [-0.15, -0.1) is 0 Å². The van der Waals surface area contributed by atoms with Crippen molar-refractivity contribution in [2.75, 3.05) is 6.54 Å². The van der Waals surface area contributed by atoms with Crippen molar-refractivity contribution in [1.82, 2.24) is 5.32 Å². The van der Waals surface area contributed by atoms with Crippen molar-refractivity contribution in [1.29, 1.82) is 0 Å². The SMILES string of the molecule is CCC1(NCC(O)c2cc(F)ccc2F)CCC1. The van der Waals surface area contributed by atoms with E-state index in [1.807, 2.05) is 0 Å². The predicted octanol–water partition coefficient (Wildman–Crippen LogP) is 2.92. The molecule has 1 unspecified atom stereocenters. The Morgan fingerprint density at radius 1 is 1.39 bits per heavy atom. The first kappa shape index (κ1) is 13.4. The third kappa shape index (κ3) is 2.70. The minimum atomic E-state index is -1.01. The number of benzene rings is 1. The number of aliphatic hydroxyl groups excluding tert-OH is 1. The van der Waals surface area contributed by atoms with E-state index in [1.54, 1.807) is 0 Å². The van der Waals surface area contributed by atoms with Crippen molar-refractivity contribution < 1.29 is 13.9 Å². The Morgan fingerprint density at radius 3 is 2.67 bits per heavy atom. The zero-order chi connectivity index (χ0) is 13.2. The second-order valence-corrected chi connectivity index (χ2v) is 5.05. The Kier molecular flexibility index (Phi) is 3.97. The number of hydrogen-bond donors (Lipinski definition) is 2. The van der Waals surface area contributed by atoms with Crippen LogP contribution in [0.25, 0.3) is 0 Å². The minimum absolute atomic E-state index is 0.0214. The first-order valence-electron chi connectivity index (χ1n) is 6.44. The molecule has 2 N–H and O–H groups in total. The van der Waals surface area contributed by atoms with E-state index in [0.29, 0.717) is 0 Å². The number of halogens is 2. The van der Waals surface area contributed by atoms with Crippen LogP contribution >= 0.6 is 0 Å². The summed E-state index contributed by atoms with van der Waals surface area (Å²) in [5.41, 5.74) is 0.109. The van der Waals surface area contributed by atoms with Crippen LogP contribution in [-0.4, -0.2) is 17.2 Å². The summed E-state index contributed by atoms with van der Waals surface area (Å²) in [5.74, 6) is -1.09. The third-order valence-electron chi connectivity index (χ3n) is 3.97. The Hall–Kier alpha value is -1.00. The van der Waals surface area contributed by atoms with Gasteiger partial charge in [-0.1, -0.05) is 6.92 Å². The van der Waals surface area contributed by atoms with Crippen LogP contribution in [0.15, 0.2) is 18.2 Å². The van der Waals surface area contributed by atoms with Crippen molar-refractivity contribution in [2.24, 2.45) is 0 Å². The van der Waals surface area contributed by atoms with Gasteiger partial charge in [-0.2, -0.15) is 0 Å². The van der Waals surface area contributed by atoms with E-state index in [4.69, 9.17) is 0 Å². The van der Waals surface area contributed by atoms with Crippen molar-refractivity contribution >= 4 is 0 Å². The van der Waals surface area contributed by atoms with Gasteiger partial charge in [0.05, 0.1) is 6.10 Å². The van der Waals surface area contributed by atoms with Crippen LogP contribution in [0, 0.1) is 11.6 Å². The Labute approximate surface area is 106 Å². The van der Waals surface area contributed by atoms with Gasteiger partial charge in [-0.3, -0.25) is 0 Å². The average molecular weight is 255 g/mol. The number of hydrogen-bond acceptors (Lipinski definition) is 2. The molecule has 1 fully saturated rings. The molecule has 0 saturated heterocycles. The lowest BCUT2D eigenvalue weighted by Gasteiger charge is -2.42. The molecule has 1 aliphatic rings. The molecule has 1 saturated carbocycles. The van der Waals surface area contributed by atoms with E-state index in [9.17, 15) is 13.9 Å². The largest absolute Gasteiger partial charge is 0.387 e. The first-order chi connectivity index (χ1) is 8.56. The number of nitrogens with one attached hydrogen (secondary N) is 1. The maximum absolute atomic E-state index is 13.5. The Balaban J connectivity index is 1.99. The summed E-state index contributed by atoms with van der Waals surface area (Å²) < 4.78 is 26.5. The van der Waals surface area contributed by atoms with Crippen LogP contribution in [0.3, 0.4) is 0 Å². The molecular formula is C14H19F2NO. The van der Waals surface area contributed by atoms with Gasteiger partial charge in [0.2, 0.25) is 0 Å². The highest BCUT2D eigenvalue weighted by Gasteiger charge is 2.34. The molecule has 0 amide bonds. The number of β-amino-alcohol motifs (C(OH)–C–C–N with tert-alkyl or cyclic N) is 1. The second-order valence-electron chi connectivity index (χ2n) is 5.05. The third-order valence-corrected chi connectivity index (χ3v) is 3.97. The standard InChI is InChI=1S/C14H19F2NO/c1-2-14(6-3-7-14)17-9-13(18)11-8-10(15)4-5-12(11)16/h4-5,8,13,17-18H,2-3,6-7,9H2,1H3. The molecule has 0 aliphatic heterocycles. The first-order valence-corrected chi connectivity index (χ1v) is 6.44. The molecule has 1 aliphatic carbocycles. The molecular weight excluding hydrogens is 236 g/mol. The zero-order valence-corrected chi connectivity index (χ0v) is 10.5. The maximum atomic E-state index is 13.5. The number of aliphatic hydroxyl groups is 1. The molecule has 100 valence electrons. The fourth-order valence-corrected chi connectivity index (χ4v) is 2.45. The lowest BCUT2D eigenvalue weighted by Crippen LogP contribution is -2.51. The molecule has 0 radical (unpaired) electrons. The van der Waals surface area contributed by atoms with Gasteiger partial charge >= 0.3 is 0 Å². The van der Waals surface area contributed by atoms with Crippen molar-refractivity contribution in [3.63, 3.8) is 0 Å². The Bertz CT molecular complexity index is 413. The van der Waals surface area contributed by atoms with Gasteiger partial charge in [0, 0.05) is 17.6 Å². The monoisotopic (exact) mass is 255 g/mol. The summed E-state index contributed by atoms with van der Waals surface area (Å²) in [5, 5.41) is 13.2. The quantitative estimate of drug-likeness (QED) is 0.848. The van der Waals surface area contributed by atoms with Crippen molar-refractivity contribution in [2.45, 2.75) is 44.2 Å². The highest BCUT2D eigenvalue weighted by atomic mass is 19.1. The van der Waals surface area contributed by atoms with E-state index in [-0.39, 0.29) is 17.6 Å². The molecule has 2 nitrogen and oxygen atoms in total. The fourth-order valence-electron chi connectivity index (χ4n) is 2.45. The summed E-state index contributed by atoms with van der Waals surface area (Å²) in [6, 6.07) is 3.16. The van der Waals surface area contributed by atoms with Crippen LogP contribution in [-0.2, 0) is 0 Å². The molecule has 0 bridgehead atoms. The van der Waals surface area contributed by atoms with Crippen molar-refractivity contribution in [3.8, 4) is 0 Å². The van der Waals surface area contributed by atoms with Crippen LogP contribution in [0.2, 0.25) is 0 Å². The van der Waals surface area contributed by atoms with Gasteiger partial charge < -0.3 is 10.4 Å². The topological polar surface area (TPSA) is 32.3 Å². The van der Waals surface area contributed by atoms with Gasteiger partial charge in [0.1, 0.15) is 11.6 Å². The van der Waals surface area contributed by atoms with E-state index in [1.165, 1.54) is 6.42 Å². The van der Waals surface area contributed by atoms with Gasteiger partial charge in [-0.25, -0.2) is 8.78 Å². The summed E-state index contributed by atoms with van der Waals surface area (Å²) in [6.07, 6.45) is 3.34. The van der Waals surface area contributed by atoms with Crippen LogP contribution < -0.4 is 5.32 Å². The van der Waals surface area contributed by atoms with E-state index >= 15 is 0 Å². The normalized spacial score (nSPS) is 19.3. The minimum Gasteiger partial charge on any atom is -0.387 e. The summed E-state index contributed by atoms with van der Waals surface area (Å²) in [7, 11) is 0. The predicted molar refractivity (Wildman–Crippen MR) is 66.2 cm³/mol. The zero-order valence-electron chi connectivity index (χ0n) is 10.5. The van der Waals surface area contributed by atoms with Crippen molar-refractivity contribution in [3.05, 3.63) is 35.4 Å². The molecule has 4 heteroatoms. The lowest BCUT2D eigenvalue weighted by atomic mass is 9.75. The Morgan fingerprint density at radius 2 is 2.11 bits per heavy atom. The molecule has 18 heavy (non-hydrogen) atoms. The second kappa shape index (κ2) is 5.33. The highest BCUT2D eigenvalue weighted by molar-refractivity contribution is 5.21. The van der Waals surface area contributed by atoms with Crippen LogP contribution in [0.4, 0.5) is 8.78 Å². The lowest BCUT2D eigenvalue weighted by molar-refractivity contribution is 0.117. The average Bonchev–Trinajstić information content (AvgIpc) is 2.31. The molecule has 0 heterocycles. The van der Waals surface area contributed by atoms with Crippen LogP contribution in [0.5, 0.6) is 0 Å². The van der Waals surface area contributed by atoms with Gasteiger partial charge in [0.25, 0.3) is 0 Å². The van der Waals surface area contributed by atoms with E-state index in [0.717, 1.165) is 37.5 Å². The summed E-state index contributed by atoms with van der Waals surface area (Å²) >= 11 is 0. The number of rotatable bonds is 5. The van der Waals surface area contributed by atoms with E-state index < -0.39 is 17.7 Å². The molecule has 1 aromatic rings. The van der Waals surface area contributed by atoms with Crippen LogP contribution in [0.1, 0.15) is 44.3 Å². The molecule has 1 atom stereocenters. The van der Waals surface area contributed by atoms with Gasteiger partial charge in [-0.05, 0) is 43.9 Å². The molecule has 0 spiro atoms. The summed E-state index contributed by atoms with van der Waals surface area (Å²) in [6.45, 7) is 2.36. The summed E-state index contributed by atoms with van der Waals surface area (Å²) in [4.78, 5) is 0. The highest BCUT2D eigenvalue weighted by Crippen LogP contribution is 2.35. The maximum Gasteiger partial charge on any atom is 0.129 e. The van der Waals surface area contributed by atoms with Gasteiger partial charge in [0.15, 0.2) is 0 Å². The van der Waals surface area contributed by atoms with E-state index in [2.05, 4.69) is 12.2 Å². The molecule has 0 aromatic heterocycles. The molecule has 2 rings (SSSR count). The smallest absolute Gasteiger partial charge is 0.129 e.